The van der Waals surface area contributed by atoms with E-state index in [9.17, 15) is 9.18 Å². The first-order valence-corrected chi connectivity index (χ1v) is 4.66. The fourth-order valence-corrected chi connectivity index (χ4v) is 0.812. The van der Waals surface area contributed by atoms with Gasteiger partial charge in [0.1, 0.15) is 0 Å². The Hall–Kier alpha value is -1.65. The summed E-state index contributed by atoms with van der Waals surface area (Å²) in [6.45, 7) is 8.65. The third-order valence-electron chi connectivity index (χ3n) is 1.73. The quantitative estimate of drug-likeness (QED) is 0.765. The van der Waals surface area contributed by atoms with Crippen LogP contribution in [-0.4, -0.2) is 15.7 Å². The molecule has 0 bridgehead atoms. The molecule has 1 aromatic heterocycles. The number of aromatic nitrogens is 2. The number of amides is 1. The van der Waals surface area contributed by atoms with Gasteiger partial charge in [0.2, 0.25) is 0 Å². The van der Waals surface area contributed by atoms with E-state index in [1.807, 2.05) is 13.8 Å². The van der Waals surface area contributed by atoms with E-state index in [0.29, 0.717) is 5.69 Å². The van der Waals surface area contributed by atoms with Crippen molar-refractivity contribution in [2.75, 3.05) is 5.32 Å². The maximum Gasteiger partial charge on any atom is 0.283 e. The minimum atomic E-state index is -1.01. The predicted molar refractivity (Wildman–Crippen MR) is 58.2 cm³/mol. The molecule has 0 aliphatic carbocycles. The summed E-state index contributed by atoms with van der Waals surface area (Å²) in [6.07, 6.45) is 1.45. The van der Waals surface area contributed by atoms with Crippen molar-refractivity contribution in [1.82, 2.24) is 9.78 Å². The van der Waals surface area contributed by atoms with Crippen molar-refractivity contribution in [3.63, 3.8) is 0 Å². The molecule has 1 N–H and O–H groups in total. The minimum absolute atomic E-state index is 0.492. The lowest BCUT2D eigenvalue weighted by Crippen LogP contribution is -2.11. The lowest BCUT2D eigenvalue weighted by Gasteiger charge is -2.01. The Bertz CT molecular complexity index is 358. The van der Waals surface area contributed by atoms with E-state index in [-0.39, 0.29) is 0 Å². The Kier molecular flexibility index (Phi) is 5.30. The molecule has 0 atom stereocenters. The highest BCUT2D eigenvalue weighted by molar-refractivity contribution is 6.01. The third kappa shape index (κ3) is 3.53. The summed E-state index contributed by atoms with van der Waals surface area (Å²) in [4.78, 5) is 10.9. The molecule has 0 aliphatic rings. The Morgan fingerprint density at radius 2 is 2.13 bits per heavy atom. The molecule has 1 amide bonds. The van der Waals surface area contributed by atoms with E-state index in [1.165, 1.54) is 6.20 Å². The molecule has 0 aliphatic heterocycles. The summed E-state index contributed by atoms with van der Waals surface area (Å²) in [6, 6.07) is 0. The molecule has 1 rings (SSSR count). The second kappa shape index (κ2) is 5.95. The van der Waals surface area contributed by atoms with Gasteiger partial charge >= 0.3 is 0 Å². The van der Waals surface area contributed by atoms with Gasteiger partial charge in [0.25, 0.3) is 5.91 Å². The maximum absolute atomic E-state index is 12.3. The minimum Gasteiger partial charge on any atom is -0.317 e. The van der Waals surface area contributed by atoms with Gasteiger partial charge in [0.05, 0.1) is 17.6 Å². The fourth-order valence-electron chi connectivity index (χ4n) is 0.812. The van der Waals surface area contributed by atoms with E-state index in [0.717, 1.165) is 5.69 Å². The average molecular weight is 213 g/mol. The number of nitrogens with one attached hydrogen (secondary N) is 1. The first-order chi connectivity index (χ1) is 7.02. The number of aryl methyl sites for hydroxylation is 1. The first kappa shape index (κ1) is 13.4. The molecule has 15 heavy (non-hydrogen) atoms. The van der Waals surface area contributed by atoms with Gasteiger partial charge < -0.3 is 5.32 Å². The van der Waals surface area contributed by atoms with Crippen LogP contribution in [-0.2, 0) is 11.8 Å². The normalized spacial score (nSPS) is 8.87. The number of hydrogen-bond donors (Lipinski definition) is 1. The Morgan fingerprint density at radius 3 is 2.47 bits per heavy atom. The zero-order valence-corrected chi connectivity index (χ0v) is 9.47. The van der Waals surface area contributed by atoms with Gasteiger partial charge in [-0.2, -0.15) is 5.10 Å². The van der Waals surface area contributed by atoms with Gasteiger partial charge in [0.15, 0.2) is 5.83 Å². The van der Waals surface area contributed by atoms with Gasteiger partial charge in [-0.25, -0.2) is 4.39 Å². The molecule has 0 aromatic carbocycles. The van der Waals surface area contributed by atoms with Crippen LogP contribution in [0.2, 0.25) is 0 Å². The number of hydrogen-bond acceptors (Lipinski definition) is 2. The maximum atomic E-state index is 12.3. The predicted octanol–water partition coefficient (Wildman–Crippen LogP) is 2.18. The summed E-state index contributed by atoms with van der Waals surface area (Å²) in [7, 11) is 1.73. The van der Waals surface area contributed by atoms with Crippen molar-refractivity contribution < 1.29 is 9.18 Å². The molecule has 1 heterocycles. The second-order valence-corrected chi connectivity index (χ2v) is 2.63. The van der Waals surface area contributed by atoms with Crippen LogP contribution < -0.4 is 5.32 Å². The highest BCUT2D eigenvalue weighted by Crippen LogP contribution is 2.12. The summed E-state index contributed by atoms with van der Waals surface area (Å²) in [5, 5.41) is 6.21. The fraction of sp³-hybridized carbons (Fsp3) is 0.400. The molecule has 0 spiro atoms. The summed E-state index contributed by atoms with van der Waals surface area (Å²) in [5.41, 5.74) is 1.25. The zero-order valence-electron chi connectivity index (χ0n) is 9.47. The number of carbonyl (C=O) groups excluding carboxylic acids is 1. The summed E-state index contributed by atoms with van der Waals surface area (Å²) in [5.74, 6) is -1.85. The van der Waals surface area contributed by atoms with Gasteiger partial charge in [0, 0.05) is 7.05 Å². The molecule has 4 nitrogen and oxygen atoms in total. The molecule has 0 saturated carbocycles. The molecule has 1 aromatic rings. The van der Waals surface area contributed by atoms with Crippen molar-refractivity contribution in [3.05, 3.63) is 24.3 Å². The van der Waals surface area contributed by atoms with Crippen molar-refractivity contribution in [2.24, 2.45) is 7.05 Å². The van der Waals surface area contributed by atoms with E-state index in [4.69, 9.17) is 0 Å². The van der Waals surface area contributed by atoms with Gasteiger partial charge in [-0.15, -0.1) is 0 Å². The second-order valence-electron chi connectivity index (χ2n) is 2.63. The number of halogens is 1. The molecular formula is C10H16FN3O. The molecule has 0 unspecified atom stereocenters. The van der Waals surface area contributed by atoms with Crippen molar-refractivity contribution in [2.45, 2.75) is 20.8 Å². The third-order valence-corrected chi connectivity index (χ3v) is 1.73. The van der Waals surface area contributed by atoms with Gasteiger partial charge in [-0.3, -0.25) is 9.48 Å². The number of nitrogens with zero attached hydrogens (tertiary/aromatic N) is 2. The first-order valence-electron chi connectivity index (χ1n) is 4.66. The van der Waals surface area contributed by atoms with E-state index in [2.05, 4.69) is 17.0 Å². The molecule has 0 saturated heterocycles. The van der Waals surface area contributed by atoms with Crippen molar-refractivity contribution in [1.29, 1.82) is 0 Å². The van der Waals surface area contributed by atoms with Crippen LogP contribution in [0, 0.1) is 6.92 Å². The van der Waals surface area contributed by atoms with Crippen LogP contribution in [0.1, 0.15) is 19.5 Å². The highest BCUT2D eigenvalue weighted by Gasteiger charge is 2.09. The number of anilines is 1. The zero-order chi connectivity index (χ0) is 12.0. The van der Waals surface area contributed by atoms with E-state index >= 15 is 0 Å². The van der Waals surface area contributed by atoms with Gasteiger partial charge in [-0.05, 0) is 6.92 Å². The van der Waals surface area contributed by atoms with Crippen LogP contribution in [0.15, 0.2) is 18.6 Å². The van der Waals surface area contributed by atoms with Crippen LogP contribution in [0.3, 0.4) is 0 Å². The largest absolute Gasteiger partial charge is 0.317 e. The monoisotopic (exact) mass is 213 g/mol. The Balaban J connectivity index is 0.000000921. The van der Waals surface area contributed by atoms with Gasteiger partial charge in [-0.1, -0.05) is 20.4 Å². The van der Waals surface area contributed by atoms with Crippen LogP contribution in [0.4, 0.5) is 10.1 Å². The number of carbonyl (C=O) groups is 1. The molecule has 0 fully saturated rings. The molecule has 84 valence electrons. The molecule has 5 heteroatoms. The van der Waals surface area contributed by atoms with Crippen molar-refractivity contribution in [3.8, 4) is 0 Å². The van der Waals surface area contributed by atoms with Crippen LogP contribution >= 0.6 is 0 Å². The topological polar surface area (TPSA) is 46.9 Å². The van der Waals surface area contributed by atoms with E-state index in [1.54, 1.807) is 18.7 Å². The lowest BCUT2D eigenvalue weighted by molar-refractivity contribution is -0.114. The summed E-state index contributed by atoms with van der Waals surface area (Å²) >= 11 is 0. The Labute approximate surface area is 88.8 Å². The summed E-state index contributed by atoms with van der Waals surface area (Å²) < 4.78 is 13.9. The van der Waals surface area contributed by atoms with Crippen molar-refractivity contribution >= 4 is 11.6 Å². The van der Waals surface area contributed by atoms with Crippen LogP contribution in [0.5, 0.6) is 0 Å². The lowest BCUT2D eigenvalue weighted by atomic mass is 10.4. The smallest absolute Gasteiger partial charge is 0.283 e. The SMILES string of the molecule is C=C(F)C(=O)Nc1cnn(C)c1C.CC. The molecular weight excluding hydrogens is 197 g/mol. The van der Waals surface area contributed by atoms with E-state index < -0.39 is 11.7 Å². The van der Waals surface area contributed by atoms with Crippen LogP contribution in [0.25, 0.3) is 0 Å². The standard InChI is InChI=1S/C8H10FN3O.C2H6/c1-5(9)8(13)11-7-4-10-12(3)6(7)2;1-2/h4H,1H2,2-3H3,(H,11,13);1-2H3. The molecule has 0 radical (unpaired) electrons. The average Bonchev–Trinajstić information content (AvgIpc) is 2.52. The number of rotatable bonds is 2. The Morgan fingerprint density at radius 1 is 1.60 bits per heavy atom. The highest BCUT2D eigenvalue weighted by atomic mass is 19.1.